The van der Waals surface area contributed by atoms with Gasteiger partial charge in [-0.15, -0.1) is 0 Å². The molecule has 5 rings (SSSR count). The molecule has 1 aromatic heterocycles. The highest BCUT2D eigenvalue weighted by Gasteiger charge is 2.50. The van der Waals surface area contributed by atoms with Crippen molar-refractivity contribution in [2.75, 3.05) is 12.9 Å². The molecule has 0 fully saturated rings. The van der Waals surface area contributed by atoms with Crippen LogP contribution in [0, 0.1) is 17.6 Å². The third-order valence-corrected chi connectivity index (χ3v) is 8.33. The van der Waals surface area contributed by atoms with Crippen molar-refractivity contribution in [2.24, 2.45) is 16.6 Å². The molecule has 2 aromatic carbocycles. The van der Waals surface area contributed by atoms with E-state index in [-0.39, 0.29) is 17.9 Å². The van der Waals surface area contributed by atoms with Crippen LogP contribution < -0.4 is 10.5 Å². The van der Waals surface area contributed by atoms with Gasteiger partial charge in [0, 0.05) is 39.9 Å². The number of fused-ring (bicyclic) bond motifs is 2. The lowest BCUT2D eigenvalue weighted by Crippen LogP contribution is -2.47. The summed E-state index contributed by atoms with van der Waals surface area (Å²) in [6.07, 6.45) is 1.11. The molecule has 1 unspecified atom stereocenters. The summed E-state index contributed by atoms with van der Waals surface area (Å²) in [5.41, 5.74) is 7.14. The van der Waals surface area contributed by atoms with E-state index in [4.69, 9.17) is 15.5 Å². The van der Waals surface area contributed by atoms with Crippen molar-refractivity contribution in [3.05, 3.63) is 92.6 Å². The zero-order valence-electron chi connectivity index (χ0n) is 18.3. The van der Waals surface area contributed by atoms with E-state index in [0.29, 0.717) is 28.8 Å². The number of aliphatic hydroxyl groups excluding tert-OH is 1. The molecule has 3 N–H and O–H groups in total. The number of hydrogen-bond acceptors (Lipinski definition) is 6. The Bertz CT molecular complexity index is 1290. The van der Waals surface area contributed by atoms with E-state index in [9.17, 15) is 9.50 Å². The molecule has 5 nitrogen and oxygen atoms in total. The van der Waals surface area contributed by atoms with Crippen molar-refractivity contribution in [2.45, 2.75) is 24.5 Å². The van der Waals surface area contributed by atoms with Crippen molar-refractivity contribution in [3.8, 4) is 5.88 Å². The molecular formula is C25H22BrF2N3O2S. The van der Waals surface area contributed by atoms with Crippen LogP contribution in [0.4, 0.5) is 8.78 Å². The van der Waals surface area contributed by atoms with Crippen LogP contribution in [0.5, 0.6) is 5.88 Å². The zero-order valence-corrected chi connectivity index (χ0v) is 20.7. The lowest BCUT2D eigenvalue weighted by Gasteiger charge is -2.45. The number of benzene rings is 2. The van der Waals surface area contributed by atoms with Gasteiger partial charge >= 0.3 is 0 Å². The fourth-order valence-corrected chi connectivity index (χ4v) is 6.52. The fraction of sp³-hybridized carbons (Fsp3) is 0.280. The maximum Gasteiger partial charge on any atom is 0.216 e. The maximum absolute atomic E-state index is 16.2. The second-order valence-electron chi connectivity index (χ2n) is 8.47. The van der Waals surface area contributed by atoms with E-state index in [1.807, 2.05) is 0 Å². The Labute approximate surface area is 208 Å². The topological polar surface area (TPSA) is 80.7 Å². The molecule has 2 aliphatic rings. The van der Waals surface area contributed by atoms with Gasteiger partial charge in [-0.25, -0.2) is 13.8 Å². The van der Waals surface area contributed by atoms with Crippen LogP contribution in [0.15, 0.2) is 58.1 Å². The summed E-state index contributed by atoms with van der Waals surface area (Å²) in [6, 6.07) is 11.1. The SMILES string of the molecule is COc1ncc(Br)c2c1C[C@]1(c3ccc(F)c(C(O)c4ccccc4)c3F)N=C(N)SC[C@@H]1C2. The predicted molar refractivity (Wildman–Crippen MR) is 132 cm³/mol. The number of halogens is 3. The van der Waals surface area contributed by atoms with Gasteiger partial charge in [-0.05, 0) is 39.5 Å². The predicted octanol–water partition coefficient (Wildman–Crippen LogP) is 4.88. The minimum atomic E-state index is -1.46. The van der Waals surface area contributed by atoms with Crippen LogP contribution in [0.1, 0.15) is 33.9 Å². The second kappa shape index (κ2) is 8.94. The highest BCUT2D eigenvalue weighted by Crippen LogP contribution is 2.51. The highest BCUT2D eigenvalue weighted by atomic mass is 79.9. The summed E-state index contributed by atoms with van der Waals surface area (Å²) >= 11 is 5.01. The van der Waals surface area contributed by atoms with Gasteiger partial charge in [0.2, 0.25) is 5.88 Å². The molecule has 1 aliphatic carbocycles. The zero-order chi connectivity index (χ0) is 24.0. The fourth-order valence-electron chi connectivity index (χ4n) is 5.03. The van der Waals surface area contributed by atoms with Crippen molar-refractivity contribution in [1.82, 2.24) is 4.98 Å². The minimum Gasteiger partial charge on any atom is -0.481 e. The molecule has 0 radical (unpaired) electrons. The third-order valence-electron chi connectivity index (χ3n) is 6.70. The van der Waals surface area contributed by atoms with E-state index in [2.05, 4.69) is 20.9 Å². The molecule has 3 aromatic rings. The highest BCUT2D eigenvalue weighted by molar-refractivity contribution is 9.10. The van der Waals surface area contributed by atoms with Gasteiger partial charge in [0.25, 0.3) is 0 Å². The lowest BCUT2D eigenvalue weighted by molar-refractivity contribution is 0.205. The minimum absolute atomic E-state index is 0.109. The van der Waals surface area contributed by atoms with Gasteiger partial charge in [-0.3, -0.25) is 4.99 Å². The van der Waals surface area contributed by atoms with Crippen LogP contribution in [-0.2, 0) is 18.4 Å². The Morgan fingerprint density at radius 2 is 1.97 bits per heavy atom. The average Bonchev–Trinajstić information content (AvgIpc) is 2.83. The van der Waals surface area contributed by atoms with Gasteiger partial charge in [-0.2, -0.15) is 0 Å². The monoisotopic (exact) mass is 545 g/mol. The Morgan fingerprint density at radius 3 is 2.71 bits per heavy atom. The van der Waals surface area contributed by atoms with Gasteiger partial charge in [0.05, 0.1) is 18.2 Å². The van der Waals surface area contributed by atoms with Crippen LogP contribution in [-0.4, -0.2) is 28.1 Å². The molecule has 3 atom stereocenters. The molecule has 0 saturated carbocycles. The summed E-state index contributed by atoms with van der Waals surface area (Å²) in [6.45, 7) is 0. The maximum atomic E-state index is 16.2. The summed E-state index contributed by atoms with van der Waals surface area (Å²) < 4.78 is 37.5. The van der Waals surface area contributed by atoms with E-state index >= 15 is 4.39 Å². The molecule has 176 valence electrons. The normalized spacial score (nSPS) is 22.4. The van der Waals surface area contributed by atoms with Gasteiger partial charge in [0.15, 0.2) is 5.17 Å². The lowest BCUT2D eigenvalue weighted by atomic mass is 9.67. The number of nitrogens with two attached hydrogens (primary N) is 1. The van der Waals surface area contributed by atoms with Gasteiger partial charge in [0.1, 0.15) is 17.7 Å². The number of ether oxygens (including phenoxy) is 1. The summed E-state index contributed by atoms with van der Waals surface area (Å²) in [7, 11) is 1.54. The number of aliphatic imine (C=N–C) groups is 1. The molecule has 0 saturated heterocycles. The van der Waals surface area contributed by atoms with Gasteiger partial charge in [-0.1, -0.05) is 48.2 Å². The molecule has 0 spiro atoms. The smallest absolute Gasteiger partial charge is 0.216 e. The quantitative estimate of drug-likeness (QED) is 0.488. The Balaban J connectivity index is 1.72. The van der Waals surface area contributed by atoms with Crippen molar-refractivity contribution in [3.63, 3.8) is 0 Å². The van der Waals surface area contributed by atoms with Crippen LogP contribution >= 0.6 is 27.7 Å². The summed E-state index contributed by atoms with van der Waals surface area (Å²) in [4.78, 5) is 9.15. The number of rotatable bonds is 4. The Morgan fingerprint density at radius 1 is 1.21 bits per heavy atom. The number of pyridine rings is 1. The van der Waals surface area contributed by atoms with E-state index in [0.717, 1.165) is 15.6 Å². The molecular weight excluding hydrogens is 524 g/mol. The first kappa shape index (κ1) is 23.3. The van der Waals surface area contributed by atoms with Gasteiger partial charge < -0.3 is 15.6 Å². The van der Waals surface area contributed by atoms with E-state index in [1.54, 1.807) is 36.5 Å². The first-order chi connectivity index (χ1) is 16.4. The van der Waals surface area contributed by atoms with E-state index in [1.165, 1.54) is 31.0 Å². The molecule has 2 heterocycles. The number of amidine groups is 1. The first-order valence-corrected chi connectivity index (χ1v) is 12.5. The molecule has 1 aliphatic heterocycles. The average molecular weight is 546 g/mol. The number of nitrogens with zero attached hydrogens (tertiary/aromatic N) is 2. The second-order valence-corrected chi connectivity index (χ2v) is 10.4. The Hall–Kier alpha value is -2.49. The molecule has 0 amide bonds. The van der Waals surface area contributed by atoms with Crippen molar-refractivity contribution in [1.29, 1.82) is 0 Å². The number of aromatic nitrogens is 1. The van der Waals surface area contributed by atoms with E-state index < -0.39 is 28.8 Å². The Kier molecular flexibility index (Phi) is 6.12. The number of methoxy groups -OCH3 is 1. The van der Waals surface area contributed by atoms with Crippen LogP contribution in [0.3, 0.4) is 0 Å². The number of hydrogen-bond donors (Lipinski definition) is 2. The van der Waals surface area contributed by atoms with Crippen molar-refractivity contribution < 1.29 is 18.6 Å². The molecule has 9 heteroatoms. The summed E-state index contributed by atoms with van der Waals surface area (Å²) in [5.74, 6) is -0.669. The van der Waals surface area contributed by atoms with Crippen molar-refractivity contribution >= 4 is 32.9 Å². The number of thioether (sulfide) groups is 1. The standard InChI is InChI=1S/C25H22BrF2N3O2S/c1-33-23-16-10-25(14(12-34-24(29)31-25)9-15(16)18(26)11-30-23)17-7-8-19(27)20(21(17)28)22(32)13-5-3-2-4-6-13/h2-8,11,14,22,32H,9-10,12H2,1H3,(H2,29,31)/t14-,22?,25-/m0/s1. The molecule has 34 heavy (non-hydrogen) atoms. The largest absolute Gasteiger partial charge is 0.481 e. The molecule has 0 bridgehead atoms. The third kappa shape index (κ3) is 3.70. The number of aliphatic hydroxyl groups is 1. The van der Waals surface area contributed by atoms with Crippen LogP contribution in [0.25, 0.3) is 0 Å². The first-order valence-electron chi connectivity index (χ1n) is 10.8. The van der Waals surface area contributed by atoms with Crippen LogP contribution in [0.2, 0.25) is 0 Å². The summed E-state index contributed by atoms with van der Waals surface area (Å²) in [5, 5.41) is 11.3.